The highest BCUT2D eigenvalue weighted by Crippen LogP contribution is 2.18. The van der Waals surface area contributed by atoms with Crippen LogP contribution in [-0.2, 0) is 19.4 Å². The number of nitrogens with one attached hydrogen (secondary N) is 1. The van der Waals surface area contributed by atoms with Crippen molar-refractivity contribution in [2.45, 2.75) is 19.4 Å². The van der Waals surface area contributed by atoms with E-state index in [0.29, 0.717) is 24.9 Å². The third kappa shape index (κ3) is 3.38. The molecule has 0 fully saturated rings. The molecule has 29 heavy (non-hydrogen) atoms. The Kier molecular flexibility index (Phi) is 4.32. The van der Waals surface area contributed by atoms with E-state index in [1.165, 1.54) is 4.68 Å². The van der Waals surface area contributed by atoms with Gasteiger partial charge in [0.05, 0.1) is 29.0 Å². The van der Waals surface area contributed by atoms with Gasteiger partial charge >= 0.3 is 0 Å². The summed E-state index contributed by atoms with van der Waals surface area (Å²) in [6.07, 6.45) is 2.97. The van der Waals surface area contributed by atoms with Gasteiger partial charge in [0, 0.05) is 11.5 Å². The van der Waals surface area contributed by atoms with Gasteiger partial charge in [0.15, 0.2) is 0 Å². The van der Waals surface area contributed by atoms with Crippen LogP contribution in [0.4, 0.5) is 0 Å². The first-order chi connectivity index (χ1) is 14.3. The lowest BCUT2D eigenvalue weighted by molar-refractivity contribution is 0.652. The average Bonchev–Trinajstić information content (AvgIpc) is 3.14. The number of fused-ring (bicyclic) bond motifs is 2. The molecular formula is C22H18N6O. The molecule has 2 aromatic carbocycles. The minimum absolute atomic E-state index is 0.154. The topological polar surface area (TPSA) is 89.3 Å². The maximum atomic E-state index is 12.4. The van der Waals surface area contributed by atoms with Crippen molar-refractivity contribution in [2.75, 3.05) is 0 Å². The summed E-state index contributed by atoms with van der Waals surface area (Å²) < 4.78 is 1.48. The number of aryl methyl sites for hydroxylation is 2. The summed E-state index contributed by atoms with van der Waals surface area (Å²) in [6, 6.07) is 19.3. The molecule has 0 aliphatic rings. The number of hydrogen-bond acceptors (Lipinski definition) is 5. The number of benzene rings is 2. The largest absolute Gasteiger partial charge is 0.276 e. The molecule has 7 heteroatoms. The summed E-state index contributed by atoms with van der Waals surface area (Å²) in [5, 5.41) is 13.0. The van der Waals surface area contributed by atoms with Gasteiger partial charge in [0.2, 0.25) is 0 Å². The molecule has 0 aliphatic heterocycles. The summed E-state index contributed by atoms with van der Waals surface area (Å²) in [5.74, 6) is 0. The lowest BCUT2D eigenvalue weighted by Crippen LogP contribution is -2.22. The highest BCUT2D eigenvalue weighted by atomic mass is 16.1. The van der Waals surface area contributed by atoms with E-state index < -0.39 is 0 Å². The summed E-state index contributed by atoms with van der Waals surface area (Å²) in [7, 11) is 0. The summed E-state index contributed by atoms with van der Waals surface area (Å²) >= 11 is 0. The monoisotopic (exact) mass is 382 g/mol. The predicted molar refractivity (Wildman–Crippen MR) is 111 cm³/mol. The third-order valence-electron chi connectivity index (χ3n) is 4.98. The Morgan fingerprint density at radius 2 is 1.69 bits per heavy atom. The van der Waals surface area contributed by atoms with Gasteiger partial charge < -0.3 is 0 Å². The molecule has 0 aliphatic carbocycles. The van der Waals surface area contributed by atoms with Gasteiger partial charge in [-0.15, -0.1) is 0 Å². The van der Waals surface area contributed by atoms with Gasteiger partial charge in [-0.3, -0.25) is 9.89 Å². The number of aromatic amines is 1. The number of rotatable bonds is 5. The Morgan fingerprint density at radius 3 is 2.59 bits per heavy atom. The highest BCUT2D eigenvalue weighted by Gasteiger charge is 2.12. The molecule has 1 N–H and O–H groups in total. The van der Waals surface area contributed by atoms with Crippen LogP contribution >= 0.6 is 0 Å². The molecule has 7 nitrogen and oxygen atoms in total. The van der Waals surface area contributed by atoms with Crippen LogP contribution < -0.4 is 5.56 Å². The van der Waals surface area contributed by atoms with E-state index in [1.54, 1.807) is 12.4 Å². The molecule has 3 aromatic heterocycles. The number of para-hydroxylation sites is 1. The van der Waals surface area contributed by atoms with Gasteiger partial charge in [-0.25, -0.2) is 14.6 Å². The van der Waals surface area contributed by atoms with Gasteiger partial charge in [-0.1, -0.05) is 48.5 Å². The summed E-state index contributed by atoms with van der Waals surface area (Å²) in [5.41, 5.74) is 4.98. The highest BCUT2D eigenvalue weighted by molar-refractivity contribution is 5.80. The van der Waals surface area contributed by atoms with E-state index in [4.69, 9.17) is 0 Å². The first-order valence-corrected chi connectivity index (χ1v) is 9.45. The molecule has 0 saturated carbocycles. The third-order valence-corrected chi connectivity index (χ3v) is 4.98. The fourth-order valence-corrected chi connectivity index (χ4v) is 3.51. The molecule has 5 aromatic rings. The van der Waals surface area contributed by atoms with Crippen LogP contribution in [0.5, 0.6) is 0 Å². The minimum Gasteiger partial charge on any atom is -0.276 e. The van der Waals surface area contributed by atoms with Crippen molar-refractivity contribution in [3.63, 3.8) is 0 Å². The maximum absolute atomic E-state index is 12.4. The molecule has 142 valence electrons. The molecular weight excluding hydrogens is 364 g/mol. The molecule has 0 spiro atoms. The fourth-order valence-electron chi connectivity index (χ4n) is 3.51. The van der Waals surface area contributed by atoms with Crippen LogP contribution in [0.2, 0.25) is 0 Å². The standard InChI is InChI=1S/C22H18N6O/c29-21-12-20-22(27-28(21)13-15-6-2-1-3-7-15)19(25-26-20)11-10-18-16-8-4-5-9-17(16)23-14-24-18/h1-9,12,14,26H,10-11,13H2. The maximum Gasteiger partial charge on any atom is 0.269 e. The van der Waals surface area contributed by atoms with E-state index in [9.17, 15) is 4.79 Å². The molecule has 0 amide bonds. The molecule has 0 radical (unpaired) electrons. The molecule has 0 unspecified atom stereocenters. The average molecular weight is 382 g/mol. The zero-order valence-electron chi connectivity index (χ0n) is 15.6. The van der Waals surface area contributed by atoms with Crippen molar-refractivity contribution in [3.8, 4) is 0 Å². The number of H-pyrrole nitrogens is 1. The van der Waals surface area contributed by atoms with Crippen molar-refractivity contribution in [2.24, 2.45) is 0 Å². The van der Waals surface area contributed by atoms with E-state index >= 15 is 0 Å². The lowest BCUT2D eigenvalue weighted by atomic mass is 10.1. The number of hydrogen-bond donors (Lipinski definition) is 1. The minimum atomic E-state index is -0.154. The van der Waals surface area contributed by atoms with Gasteiger partial charge in [0.25, 0.3) is 5.56 Å². The van der Waals surface area contributed by atoms with E-state index in [0.717, 1.165) is 33.4 Å². The Balaban J connectivity index is 1.46. The lowest BCUT2D eigenvalue weighted by Gasteiger charge is -2.06. The smallest absolute Gasteiger partial charge is 0.269 e. The Hall–Kier alpha value is -3.87. The van der Waals surface area contributed by atoms with Crippen LogP contribution in [0.3, 0.4) is 0 Å². The number of nitrogens with zero attached hydrogens (tertiary/aromatic N) is 5. The SMILES string of the molecule is O=c1cc2[nH]nc(CCc3ncnc4ccccc34)c2nn1Cc1ccccc1. The second kappa shape index (κ2) is 7.27. The van der Waals surface area contributed by atoms with Gasteiger partial charge in [-0.2, -0.15) is 10.2 Å². The molecule has 0 bridgehead atoms. The second-order valence-electron chi connectivity index (χ2n) is 6.90. The number of aromatic nitrogens is 6. The Labute approximate surface area is 166 Å². The zero-order valence-corrected chi connectivity index (χ0v) is 15.6. The Morgan fingerprint density at radius 1 is 0.897 bits per heavy atom. The first kappa shape index (κ1) is 17.2. The molecule has 0 saturated heterocycles. The van der Waals surface area contributed by atoms with Crippen LogP contribution in [0.15, 0.2) is 71.8 Å². The van der Waals surface area contributed by atoms with E-state index in [1.807, 2.05) is 54.6 Å². The van der Waals surface area contributed by atoms with Crippen molar-refractivity contribution in [1.29, 1.82) is 0 Å². The molecule has 5 rings (SSSR count). The van der Waals surface area contributed by atoms with Crippen LogP contribution in [0, 0.1) is 0 Å². The van der Waals surface area contributed by atoms with Gasteiger partial charge in [0.1, 0.15) is 11.8 Å². The molecule has 3 heterocycles. The van der Waals surface area contributed by atoms with E-state index in [-0.39, 0.29) is 5.56 Å². The first-order valence-electron chi connectivity index (χ1n) is 9.45. The Bertz CT molecular complexity index is 1350. The second-order valence-corrected chi connectivity index (χ2v) is 6.90. The quantitative estimate of drug-likeness (QED) is 0.505. The predicted octanol–water partition coefficient (Wildman–Crippen LogP) is 2.90. The van der Waals surface area contributed by atoms with Gasteiger partial charge in [-0.05, 0) is 24.5 Å². The zero-order chi connectivity index (χ0) is 19.6. The normalized spacial score (nSPS) is 11.3. The molecule has 0 atom stereocenters. The van der Waals surface area contributed by atoms with Crippen molar-refractivity contribution >= 4 is 21.9 Å². The van der Waals surface area contributed by atoms with Crippen LogP contribution in [0.1, 0.15) is 17.0 Å². The van der Waals surface area contributed by atoms with E-state index in [2.05, 4.69) is 25.3 Å². The van der Waals surface area contributed by atoms with Crippen molar-refractivity contribution in [3.05, 3.63) is 94.3 Å². The summed E-state index contributed by atoms with van der Waals surface area (Å²) in [6.45, 7) is 0.427. The summed E-state index contributed by atoms with van der Waals surface area (Å²) in [4.78, 5) is 21.2. The fraction of sp³-hybridized carbons (Fsp3) is 0.136. The van der Waals surface area contributed by atoms with Crippen LogP contribution in [-0.4, -0.2) is 29.9 Å². The van der Waals surface area contributed by atoms with Crippen molar-refractivity contribution in [1.82, 2.24) is 29.9 Å². The van der Waals surface area contributed by atoms with Crippen molar-refractivity contribution < 1.29 is 0 Å². The van der Waals surface area contributed by atoms with Crippen LogP contribution in [0.25, 0.3) is 21.9 Å².